The topological polar surface area (TPSA) is 52.4 Å². The van der Waals surface area contributed by atoms with E-state index in [2.05, 4.69) is 6.92 Å². The van der Waals surface area contributed by atoms with Crippen molar-refractivity contribution in [3.05, 3.63) is 39.9 Å². The number of para-hydroxylation sites is 1. The van der Waals surface area contributed by atoms with Gasteiger partial charge in [0.15, 0.2) is 0 Å². The first kappa shape index (κ1) is 15.6. The van der Waals surface area contributed by atoms with Crippen LogP contribution in [0.2, 0.25) is 0 Å². The molecule has 19 heavy (non-hydrogen) atoms. The predicted octanol–water partition coefficient (Wildman–Crippen LogP) is 4.47. The summed E-state index contributed by atoms with van der Waals surface area (Å²) in [4.78, 5) is 10.4. The molecule has 0 N–H and O–H groups in total. The summed E-state index contributed by atoms with van der Waals surface area (Å²) in [5.41, 5.74) is 0.795. The molecule has 0 heterocycles. The lowest BCUT2D eigenvalue weighted by Crippen LogP contribution is -1.99. The third-order valence-corrected chi connectivity index (χ3v) is 3.09. The van der Waals surface area contributed by atoms with Crippen molar-refractivity contribution in [1.82, 2.24) is 0 Å². The van der Waals surface area contributed by atoms with Crippen LogP contribution in [-0.4, -0.2) is 11.5 Å². The molecule has 0 radical (unpaired) electrons. The molecule has 0 atom stereocenters. The second kappa shape index (κ2) is 9.50. The van der Waals surface area contributed by atoms with Gasteiger partial charge < -0.3 is 4.74 Å². The van der Waals surface area contributed by atoms with Gasteiger partial charge >= 0.3 is 0 Å². The first-order valence-corrected chi connectivity index (χ1v) is 7.05. The molecule has 0 aliphatic carbocycles. The Kier molecular flexibility index (Phi) is 7.82. The summed E-state index contributed by atoms with van der Waals surface area (Å²) in [6.45, 7) is 3.21. The third-order valence-electron chi connectivity index (χ3n) is 3.09. The average molecular weight is 265 g/mol. The van der Waals surface area contributed by atoms with E-state index in [1.807, 2.05) is 0 Å². The van der Waals surface area contributed by atoms with Crippen molar-refractivity contribution >= 4 is 5.69 Å². The molecular weight excluding hydrogens is 242 g/mol. The van der Waals surface area contributed by atoms with Crippen molar-refractivity contribution in [1.29, 1.82) is 0 Å². The van der Waals surface area contributed by atoms with Crippen LogP contribution in [0.25, 0.3) is 0 Å². The van der Waals surface area contributed by atoms with Gasteiger partial charge in [0.2, 0.25) is 0 Å². The van der Waals surface area contributed by atoms with Gasteiger partial charge in [0.25, 0.3) is 5.69 Å². The normalized spacial score (nSPS) is 10.6. The van der Waals surface area contributed by atoms with Gasteiger partial charge in [-0.3, -0.25) is 10.1 Å². The maximum absolute atomic E-state index is 10.8. The smallest absolute Gasteiger partial charge is 0.274 e. The van der Waals surface area contributed by atoms with Crippen molar-refractivity contribution in [3.8, 4) is 0 Å². The Bertz CT molecular complexity index is 379. The van der Waals surface area contributed by atoms with Crippen molar-refractivity contribution < 1.29 is 9.66 Å². The second-order valence-electron chi connectivity index (χ2n) is 4.71. The van der Waals surface area contributed by atoms with Crippen LogP contribution in [0.4, 0.5) is 5.69 Å². The van der Waals surface area contributed by atoms with Crippen LogP contribution in [0.5, 0.6) is 0 Å². The number of rotatable bonds is 10. The zero-order chi connectivity index (χ0) is 13.9. The molecule has 4 heteroatoms. The Labute approximate surface area is 114 Å². The molecule has 106 valence electrons. The van der Waals surface area contributed by atoms with Crippen molar-refractivity contribution in [2.75, 3.05) is 6.61 Å². The standard InChI is InChI=1S/C15H23NO3/c1-2-3-4-5-6-9-12-19-13-14-10-7-8-11-15(14)16(17)18/h7-8,10-11H,2-6,9,12-13H2,1H3. The van der Waals surface area contributed by atoms with E-state index in [4.69, 9.17) is 4.74 Å². The Morgan fingerprint density at radius 2 is 1.79 bits per heavy atom. The Morgan fingerprint density at radius 1 is 1.11 bits per heavy atom. The molecule has 1 aromatic carbocycles. The summed E-state index contributed by atoms with van der Waals surface area (Å²) in [5, 5.41) is 10.8. The fourth-order valence-electron chi connectivity index (χ4n) is 1.98. The fraction of sp³-hybridized carbons (Fsp3) is 0.600. The van der Waals surface area contributed by atoms with E-state index in [0.29, 0.717) is 18.8 Å². The van der Waals surface area contributed by atoms with Gasteiger partial charge in [0.1, 0.15) is 0 Å². The number of hydrogen-bond acceptors (Lipinski definition) is 3. The van der Waals surface area contributed by atoms with Crippen LogP contribution in [0.15, 0.2) is 24.3 Å². The van der Waals surface area contributed by atoms with Gasteiger partial charge in [-0.1, -0.05) is 51.2 Å². The van der Waals surface area contributed by atoms with E-state index in [1.165, 1.54) is 38.2 Å². The highest BCUT2D eigenvalue weighted by Gasteiger charge is 2.11. The van der Waals surface area contributed by atoms with Crippen LogP contribution in [0.3, 0.4) is 0 Å². The SMILES string of the molecule is CCCCCCCCOCc1ccccc1[N+](=O)[O-]. The average Bonchev–Trinajstić information content (AvgIpc) is 2.42. The zero-order valence-electron chi connectivity index (χ0n) is 11.6. The minimum atomic E-state index is -0.358. The molecule has 0 amide bonds. The molecular formula is C15H23NO3. The molecule has 0 aliphatic rings. The van der Waals surface area contributed by atoms with Crippen LogP contribution < -0.4 is 0 Å². The Morgan fingerprint density at radius 3 is 2.53 bits per heavy atom. The molecule has 0 bridgehead atoms. The number of nitro benzene ring substituents is 1. The van der Waals surface area contributed by atoms with Crippen LogP contribution in [0, 0.1) is 10.1 Å². The highest BCUT2D eigenvalue weighted by molar-refractivity contribution is 5.39. The first-order chi connectivity index (χ1) is 9.25. The summed E-state index contributed by atoms with van der Waals surface area (Å²) in [6, 6.07) is 6.74. The van der Waals surface area contributed by atoms with E-state index >= 15 is 0 Å². The number of hydrogen-bond donors (Lipinski definition) is 0. The molecule has 0 spiro atoms. The quantitative estimate of drug-likeness (QED) is 0.356. The number of ether oxygens (including phenoxy) is 1. The van der Waals surface area contributed by atoms with Gasteiger partial charge in [-0.05, 0) is 12.5 Å². The first-order valence-electron chi connectivity index (χ1n) is 7.05. The van der Waals surface area contributed by atoms with Crippen LogP contribution in [-0.2, 0) is 11.3 Å². The van der Waals surface area contributed by atoms with Gasteiger partial charge in [-0.2, -0.15) is 0 Å². The highest BCUT2D eigenvalue weighted by atomic mass is 16.6. The Balaban J connectivity index is 2.17. The maximum atomic E-state index is 10.8. The lowest BCUT2D eigenvalue weighted by atomic mass is 10.1. The van der Waals surface area contributed by atoms with Crippen molar-refractivity contribution in [2.24, 2.45) is 0 Å². The summed E-state index contributed by atoms with van der Waals surface area (Å²) >= 11 is 0. The van der Waals surface area contributed by atoms with Gasteiger partial charge in [0.05, 0.1) is 17.1 Å². The minimum absolute atomic E-state index is 0.144. The summed E-state index contributed by atoms with van der Waals surface area (Å²) in [7, 11) is 0. The van der Waals surface area contributed by atoms with Crippen LogP contribution in [0.1, 0.15) is 51.0 Å². The highest BCUT2D eigenvalue weighted by Crippen LogP contribution is 2.18. The molecule has 0 saturated carbocycles. The summed E-state index contributed by atoms with van der Waals surface area (Å²) < 4.78 is 5.51. The Hall–Kier alpha value is -1.42. The number of benzene rings is 1. The third kappa shape index (κ3) is 6.34. The summed E-state index contributed by atoms with van der Waals surface area (Å²) in [5.74, 6) is 0. The zero-order valence-corrected chi connectivity index (χ0v) is 11.6. The molecule has 0 aliphatic heterocycles. The molecule has 1 aromatic rings. The van der Waals surface area contributed by atoms with E-state index in [1.54, 1.807) is 18.2 Å². The van der Waals surface area contributed by atoms with E-state index in [-0.39, 0.29) is 10.6 Å². The predicted molar refractivity (Wildman–Crippen MR) is 76.1 cm³/mol. The monoisotopic (exact) mass is 265 g/mol. The number of nitrogens with zero attached hydrogens (tertiary/aromatic N) is 1. The maximum Gasteiger partial charge on any atom is 0.274 e. The molecule has 0 aromatic heterocycles. The van der Waals surface area contributed by atoms with E-state index < -0.39 is 0 Å². The van der Waals surface area contributed by atoms with Gasteiger partial charge in [-0.15, -0.1) is 0 Å². The molecule has 4 nitrogen and oxygen atoms in total. The van der Waals surface area contributed by atoms with Gasteiger partial charge in [-0.25, -0.2) is 0 Å². The van der Waals surface area contributed by atoms with Crippen molar-refractivity contribution in [2.45, 2.75) is 52.1 Å². The lowest BCUT2D eigenvalue weighted by Gasteiger charge is -2.05. The van der Waals surface area contributed by atoms with Crippen LogP contribution >= 0.6 is 0 Å². The number of unbranched alkanes of at least 4 members (excludes halogenated alkanes) is 5. The number of nitro groups is 1. The molecule has 0 saturated heterocycles. The largest absolute Gasteiger partial charge is 0.377 e. The van der Waals surface area contributed by atoms with Gasteiger partial charge in [0, 0.05) is 12.7 Å². The summed E-state index contributed by atoms with van der Waals surface area (Å²) in [6.07, 6.45) is 7.32. The molecule has 1 rings (SSSR count). The minimum Gasteiger partial charge on any atom is -0.377 e. The van der Waals surface area contributed by atoms with E-state index in [9.17, 15) is 10.1 Å². The second-order valence-corrected chi connectivity index (χ2v) is 4.71. The molecule has 0 unspecified atom stereocenters. The lowest BCUT2D eigenvalue weighted by molar-refractivity contribution is -0.385. The molecule has 0 fully saturated rings. The van der Waals surface area contributed by atoms with E-state index in [0.717, 1.165) is 6.42 Å². The van der Waals surface area contributed by atoms with Crippen molar-refractivity contribution in [3.63, 3.8) is 0 Å². The fourth-order valence-corrected chi connectivity index (χ4v) is 1.98.